The molecule has 0 fully saturated rings. The van der Waals surface area contributed by atoms with Crippen molar-refractivity contribution in [2.24, 2.45) is 0 Å². The lowest BCUT2D eigenvalue weighted by atomic mass is 10.2. The smallest absolute Gasteiger partial charge is 0.220 e. The number of carbonyl (C=O) groups is 1. The zero-order valence-corrected chi connectivity index (χ0v) is 8.93. The summed E-state index contributed by atoms with van der Waals surface area (Å²) in [7, 11) is 0. The maximum atomic E-state index is 11.2. The van der Waals surface area contributed by atoms with Gasteiger partial charge in [-0.1, -0.05) is 0 Å². The Morgan fingerprint density at radius 3 is 3.00 bits per heavy atom. The fourth-order valence-electron chi connectivity index (χ4n) is 1.22. The molecule has 0 radical (unpaired) electrons. The zero-order valence-electron chi connectivity index (χ0n) is 8.93. The van der Waals surface area contributed by atoms with Crippen LogP contribution in [0.2, 0.25) is 0 Å². The first-order valence-corrected chi connectivity index (χ1v) is 5.18. The number of amides is 1. The molecule has 1 aromatic heterocycles. The lowest BCUT2D eigenvalue weighted by Gasteiger charge is -2.04. The predicted octanol–water partition coefficient (Wildman–Crippen LogP) is -0.186. The van der Waals surface area contributed by atoms with E-state index in [0.717, 1.165) is 5.69 Å². The van der Waals surface area contributed by atoms with E-state index in [0.29, 0.717) is 25.8 Å². The van der Waals surface area contributed by atoms with Crippen molar-refractivity contribution in [1.82, 2.24) is 10.3 Å². The molecule has 1 aromatic rings. The van der Waals surface area contributed by atoms with Crippen molar-refractivity contribution >= 4 is 5.91 Å². The van der Waals surface area contributed by atoms with E-state index in [2.05, 4.69) is 10.3 Å². The average Bonchev–Trinajstić information content (AvgIpc) is 2.70. The minimum absolute atomic E-state index is 0.0934. The summed E-state index contributed by atoms with van der Waals surface area (Å²) < 4.78 is 4.78. The van der Waals surface area contributed by atoms with E-state index in [1.165, 1.54) is 12.7 Å². The van der Waals surface area contributed by atoms with Crippen molar-refractivity contribution in [3.8, 4) is 0 Å². The molecule has 0 aliphatic heterocycles. The molecule has 0 bridgehead atoms. The van der Waals surface area contributed by atoms with Gasteiger partial charge in [0.25, 0.3) is 0 Å². The van der Waals surface area contributed by atoms with E-state index in [1.54, 1.807) is 0 Å². The monoisotopic (exact) mass is 228 g/mol. The number of nitrogens with one attached hydrogen (secondary N) is 1. The molecule has 3 N–H and O–H groups in total. The molecular weight excluding hydrogens is 212 g/mol. The Morgan fingerprint density at radius 1 is 1.56 bits per heavy atom. The molecule has 6 heteroatoms. The molecule has 0 atom stereocenters. The molecule has 6 nitrogen and oxygen atoms in total. The Kier molecular flexibility index (Phi) is 5.52. The molecule has 0 spiro atoms. The van der Waals surface area contributed by atoms with Gasteiger partial charge in [-0.25, -0.2) is 4.98 Å². The topological polar surface area (TPSA) is 95.6 Å². The van der Waals surface area contributed by atoms with Gasteiger partial charge in [0.1, 0.15) is 6.26 Å². The number of aliphatic hydroxyl groups excluding tert-OH is 1. The van der Waals surface area contributed by atoms with Gasteiger partial charge < -0.3 is 19.9 Å². The molecule has 1 heterocycles. The largest absolute Gasteiger partial charge is 0.451 e. The van der Waals surface area contributed by atoms with E-state index in [4.69, 9.17) is 14.6 Å². The summed E-state index contributed by atoms with van der Waals surface area (Å²) in [6.45, 7) is 0.507. The van der Waals surface area contributed by atoms with Gasteiger partial charge >= 0.3 is 0 Å². The first-order chi connectivity index (χ1) is 7.68. The highest BCUT2D eigenvalue weighted by molar-refractivity contribution is 5.75. The predicted molar refractivity (Wildman–Crippen MR) is 55.3 cm³/mol. The van der Waals surface area contributed by atoms with Crippen molar-refractivity contribution in [2.45, 2.75) is 32.0 Å². The number of nitrogens with zero attached hydrogens (tertiary/aromatic N) is 1. The maximum Gasteiger partial charge on any atom is 0.220 e. The highest BCUT2D eigenvalue weighted by Crippen LogP contribution is 1.98. The molecule has 0 aliphatic rings. The van der Waals surface area contributed by atoms with Gasteiger partial charge in [-0.05, 0) is 12.8 Å². The van der Waals surface area contributed by atoms with Crippen molar-refractivity contribution in [3.63, 3.8) is 0 Å². The Balaban J connectivity index is 2.02. The van der Waals surface area contributed by atoms with Crippen molar-refractivity contribution in [1.29, 1.82) is 0 Å². The standard InChI is InChI=1S/C10H16N2O4/c13-9(2-1-3-10(14)15)11-5-4-8-6-16-7-12-8/h6-7,10,14-15H,1-5H2,(H,11,13). The number of hydrogen-bond donors (Lipinski definition) is 3. The lowest BCUT2D eigenvalue weighted by molar-refractivity contribution is -0.121. The molecule has 0 saturated heterocycles. The molecule has 0 unspecified atom stereocenters. The molecule has 1 amide bonds. The molecular formula is C10H16N2O4. The van der Waals surface area contributed by atoms with Crippen LogP contribution in [-0.2, 0) is 11.2 Å². The van der Waals surface area contributed by atoms with Gasteiger partial charge in [0.2, 0.25) is 5.91 Å². The molecule has 16 heavy (non-hydrogen) atoms. The Bertz CT molecular complexity index is 298. The normalized spacial score (nSPS) is 10.7. The van der Waals surface area contributed by atoms with Crippen LogP contribution in [-0.4, -0.2) is 33.9 Å². The van der Waals surface area contributed by atoms with Crippen LogP contribution in [0.4, 0.5) is 0 Å². The highest BCUT2D eigenvalue weighted by atomic mass is 16.5. The summed E-state index contributed by atoms with van der Waals surface area (Å²) in [6, 6.07) is 0. The van der Waals surface area contributed by atoms with Gasteiger partial charge in [-0.15, -0.1) is 0 Å². The molecule has 0 aromatic carbocycles. The summed E-state index contributed by atoms with van der Waals surface area (Å²) in [4.78, 5) is 15.1. The van der Waals surface area contributed by atoms with Crippen LogP contribution in [0.25, 0.3) is 0 Å². The minimum Gasteiger partial charge on any atom is -0.451 e. The third-order valence-corrected chi connectivity index (χ3v) is 2.05. The van der Waals surface area contributed by atoms with Crippen LogP contribution < -0.4 is 5.32 Å². The van der Waals surface area contributed by atoms with E-state index >= 15 is 0 Å². The first kappa shape index (κ1) is 12.7. The quantitative estimate of drug-likeness (QED) is 0.562. The summed E-state index contributed by atoms with van der Waals surface area (Å²) in [5.41, 5.74) is 0.797. The number of rotatable bonds is 7. The number of hydrogen-bond acceptors (Lipinski definition) is 5. The summed E-state index contributed by atoms with van der Waals surface area (Å²) in [5, 5.41) is 19.9. The average molecular weight is 228 g/mol. The van der Waals surface area contributed by atoms with Crippen LogP contribution in [0.1, 0.15) is 25.0 Å². The lowest BCUT2D eigenvalue weighted by Crippen LogP contribution is -2.25. The second kappa shape index (κ2) is 6.97. The van der Waals surface area contributed by atoms with Crippen LogP contribution in [0.3, 0.4) is 0 Å². The summed E-state index contributed by atoms with van der Waals surface area (Å²) in [6.07, 6.45) is 3.17. The first-order valence-electron chi connectivity index (χ1n) is 5.18. The van der Waals surface area contributed by atoms with Crippen molar-refractivity contribution < 1.29 is 19.4 Å². The second-order valence-electron chi connectivity index (χ2n) is 3.45. The van der Waals surface area contributed by atoms with Gasteiger partial charge in [0.15, 0.2) is 12.7 Å². The Morgan fingerprint density at radius 2 is 2.38 bits per heavy atom. The summed E-state index contributed by atoms with van der Waals surface area (Å²) in [5.74, 6) is -0.0934. The Hall–Kier alpha value is -1.40. The fourth-order valence-corrected chi connectivity index (χ4v) is 1.22. The number of aliphatic hydroxyl groups is 2. The van der Waals surface area contributed by atoms with Gasteiger partial charge in [0.05, 0.1) is 5.69 Å². The van der Waals surface area contributed by atoms with Gasteiger partial charge in [-0.3, -0.25) is 4.79 Å². The fraction of sp³-hybridized carbons (Fsp3) is 0.600. The number of oxazole rings is 1. The molecule has 90 valence electrons. The van der Waals surface area contributed by atoms with Crippen LogP contribution >= 0.6 is 0 Å². The minimum atomic E-state index is -1.33. The van der Waals surface area contributed by atoms with Crippen molar-refractivity contribution in [3.05, 3.63) is 18.4 Å². The van der Waals surface area contributed by atoms with E-state index in [9.17, 15) is 4.79 Å². The van der Waals surface area contributed by atoms with Crippen LogP contribution in [0, 0.1) is 0 Å². The second-order valence-corrected chi connectivity index (χ2v) is 3.45. The SMILES string of the molecule is O=C(CCCC(O)O)NCCc1cocn1. The van der Waals surface area contributed by atoms with E-state index < -0.39 is 6.29 Å². The molecule has 0 aliphatic carbocycles. The van der Waals surface area contributed by atoms with Gasteiger partial charge in [0, 0.05) is 19.4 Å². The third kappa shape index (κ3) is 5.47. The van der Waals surface area contributed by atoms with Crippen molar-refractivity contribution in [2.75, 3.05) is 6.54 Å². The van der Waals surface area contributed by atoms with Crippen LogP contribution in [0.15, 0.2) is 17.1 Å². The zero-order chi connectivity index (χ0) is 11.8. The Labute approximate surface area is 93.3 Å². The molecule has 1 rings (SSSR count). The van der Waals surface area contributed by atoms with E-state index in [1.807, 2.05) is 0 Å². The number of carbonyl (C=O) groups excluding carboxylic acids is 1. The van der Waals surface area contributed by atoms with Crippen LogP contribution in [0.5, 0.6) is 0 Å². The number of aromatic nitrogens is 1. The highest BCUT2D eigenvalue weighted by Gasteiger charge is 2.03. The third-order valence-electron chi connectivity index (χ3n) is 2.05. The maximum absolute atomic E-state index is 11.2. The van der Waals surface area contributed by atoms with E-state index in [-0.39, 0.29) is 12.3 Å². The molecule has 0 saturated carbocycles. The van der Waals surface area contributed by atoms with Gasteiger partial charge in [-0.2, -0.15) is 0 Å². The summed E-state index contributed by atoms with van der Waals surface area (Å²) >= 11 is 0.